The van der Waals surface area contributed by atoms with Crippen LogP contribution in [0.2, 0.25) is 0 Å². The van der Waals surface area contributed by atoms with Crippen molar-refractivity contribution in [2.24, 2.45) is 0 Å². The molecule has 1 aromatic carbocycles. The first-order chi connectivity index (χ1) is 17.9. The van der Waals surface area contributed by atoms with Gasteiger partial charge >= 0.3 is 0 Å². The molecular formula is C24H29N5O6S3. The van der Waals surface area contributed by atoms with Gasteiger partial charge in [-0.2, -0.15) is 4.21 Å². The predicted octanol–water partition coefficient (Wildman–Crippen LogP) is 2.16. The molecule has 1 amide bonds. The lowest BCUT2D eigenvalue weighted by Gasteiger charge is -2.40. The van der Waals surface area contributed by atoms with Gasteiger partial charge < -0.3 is 15.0 Å². The second-order valence-corrected chi connectivity index (χ2v) is 16.2. The molecule has 0 spiro atoms. The average molecular weight is 580 g/mol. The van der Waals surface area contributed by atoms with Crippen LogP contribution in [0.4, 0.5) is 11.4 Å². The molecule has 38 heavy (non-hydrogen) atoms. The van der Waals surface area contributed by atoms with E-state index in [0.717, 1.165) is 16.8 Å². The molecule has 1 unspecified atom stereocenters. The Balaban J connectivity index is 1.26. The van der Waals surface area contributed by atoms with Gasteiger partial charge in [-0.15, -0.1) is 21.3 Å². The third kappa shape index (κ3) is 5.36. The van der Waals surface area contributed by atoms with E-state index in [1.807, 2.05) is 17.0 Å². The van der Waals surface area contributed by atoms with Crippen molar-refractivity contribution in [3.05, 3.63) is 42.6 Å². The Hall–Kier alpha value is -2.78. The Kier molecular flexibility index (Phi) is 6.88. The van der Waals surface area contributed by atoms with Crippen LogP contribution in [-0.4, -0.2) is 82.8 Å². The lowest BCUT2D eigenvalue weighted by molar-refractivity contribution is -0.113. The summed E-state index contributed by atoms with van der Waals surface area (Å²) in [6, 6.07) is 10.0. The summed E-state index contributed by atoms with van der Waals surface area (Å²) in [6.07, 6.45) is 3.25. The average Bonchev–Trinajstić information content (AvgIpc) is 3.38. The predicted molar refractivity (Wildman–Crippen MR) is 149 cm³/mol. The Bertz CT molecular complexity index is 1590. The summed E-state index contributed by atoms with van der Waals surface area (Å²) in [4.78, 5) is 23.4. The number of ether oxygens (including phenoxy) is 1. The number of thioether (sulfide) groups is 1. The molecule has 2 aliphatic rings. The Morgan fingerprint density at radius 1 is 1.29 bits per heavy atom. The number of hydrogen-bond acceptors (Lipinski definition) is 9. The molecule has 5 rings (SSSR count). The molecule has 0 bridgehead atoms. The molecule has 14 heteroatoms. The van der Waals surface area contributed by atoms with Crippen LogP contribution in [0.1, 0.15) is 6.42 Å². The molecular weight excluding hydrogens is 550 g/mol. The first-order valence-corrected chi connectivity index (χ1v) is 16.9. The molecule has 2 aromatic heterocycles. The number of amides is 1. The number of carbonyl (C=O) groups excluding carboxylic acids is 1. The largest absolute Gasteiger partial charge is 0.481 e. The van der Waals surface area contributed by atoms with Gasteiger partial charge in [0.05, 0.1) is 45.7 Å². The summed E-state index contributed by atoms with van der Waals surface area (Å²) in [5.41, 5.74) is 2.58. The molecule has 0 saturated carbocycles. The van der Waals surface area contributed by atoms with Crippen LogP contribution < -0.4 is 19.7 Å². The van der Waals surface area contributed by atoms with Gasteiger partial charge in [-0.3, -0.25) is 14.3 Å². The first-order valence-electron chi connectivity index (χ1n) is 11.9. The molecule has 204 valence electrons. The molecule has 0 aliphatic carbocycles. The number of hydrogen-bond donors (Lipinski definition) is 3. The number of sulfone groups is 1. The molecule has 1 fully saturated rings. The summed E-state index contributed by atoms with van der Waals surface area (Å²) in [7, 11) is -6.61. The second kappa shape index (κ2) is 9.75. The lowest BCUT2D eigenvalue weighted by atomic mass is 10.2. The number of fused-ring (bicyclic) bond motifs is 2. The lowest BCUT2D eigenvalue weighted by Crippen LogP contribution is -2.48. The number of rotatable bonds is 8. The van der Waals surface area contributed by atoms with E-state index < -0.39 is 24.6 Å². The van der Waals surface area contributed by atoms with Crippen LogP contribution in [0, 0.1) is 0 Å². The number of carbonyl (C=O) groups is 1. The van der Waals surface area contributed by atoms with E-state index in [9.17, 15) is 22.0 Å². The molecule has 2 aliphatic heterocycles. The van der Waals surface area contributed by atoms with Gasteiger partial charge in [-0.1, -0.05) is 0 Å². The molecule has 1 saturated heterocycles. The van der Waals surface area contributed by atoms with Crippen LogP contribution in [0.5, 0.6) is 5.88 Å². The molecule has 4 heterocycles. The fourth-order valence-corrected chi connectivity index (χ4v) is 8.68. The zero-order chi connectivity index (χ0) is 27.2. The van der Waals surface area contributed by atoms with Gasteiger partial charge in [0, 0.05) is 43.0 Å². The number of aromatic nitrogens is 2. The quantitative estimate of drug-likeness (QED) is 0.362. The van der Waals surface area contributed by atoms with E-state index in [2.05, 4.69) is 20.0 Å². The van der Waals surface area contributed by atoms with Crippen molar-refractivity contribution in [2.45, 2.75) is 21.5 Å². The maximum Gasteiger partial charge on any atom is 0.234 e. The van der Waals surface area contributed by atoms with Crippen molar-refractivity contribution in [3.63, 3.8) is 0 Å². The number of benzene rings is 1. The smallest absolute Gasteiger partial charge is 0.234 e. The van der Waals surface area contributed by atoms with Crippen LogP contribution in [0.15, 0.2) is 52.4 Å². The highest BCUT2D eigenvalue weighted by Gasteiger charge is 2.35. The minimum absolute atomic E-state index is 0.0838. The van der Waals surface area contributed by atoms with Crippen molar-refractivity contribution in [2.75, 3.05) is 54.7 Å². The number of methoxy groups -OCH3 is 1. The van der Waals surface area contributed by atoms with Gasteiger partial charge in [-0.05, 0) is 36.8 Å². The zero-order valence-electron chi connectivity index (χ0n) is 20.9. The highest BCUT2D eigenvalue weighted by atomic mass is 32.3. The van der Waals surface area contributed by atoms with Crippen molar-refractivity contribution < 1.29 is 26.7 Å². The fourth-order valence-electron chi connectivity index (χ4n) is 4.64. The number of anilines is 2. The minimum Gasteiger partial charge on any atom is -0.481 e. The molecule has 3 N–H and O–H groups in total. The Morgan fingerprint density at radius 3 is 2.89 bits per heavy atom. The van der Waals surface area contributed by atoms with Crippen LogP contribution >= 0.6 is 11.8 Å². The highest BCUT2D eigenvalue weighted by molar-refractivity contribution is 8.13. The van der Waals surface area contributed by atoms with E-state index in [4.69, 9.17) is 4.74 Å². The third-order valence-electron chi connectivity index (χ3n) is 6.71. The fraction of sp³-hybridized carbons (Fsp3) is 0.375. The number of nitrogens with one attached hydrogen (secondary N) is 2. The van der Waals surface area contributed by atoms with Gasteiger partial charge in [0.15, 0.2) is 9.84 Å². The standard InChI is InChI=1S/C24H29N5O6S3/c1-35-23-6-4-18-24(28-23)20(7-9-25-18)29-11-8-16(14-29)37(31,32)12-10-26-38(2,33,34)17-3-5-21-19(13-17)27-22(30)15-36-21/h3-7,9,13,16H,8,10-12,14-15H2,1-2H3,(H,27,30)(H2,26,33,34). The summed E-state index contributed by atoms with van der Waals surface area (Å²) in [6.45, 7) is 0.612. The normalized spacial score (nSPS) is 19.0. The molecule has 11 nitrogen and oxygen atoms in total. The van der Waals surface area contributed by atoms with Crippen LogP contribution in [0.3, 0.4) is 0 Å². The summed E-state index contributed by atoms with van der Waals surface area (Å²) in [5, 5.41) is 2.08. The maximum absolute atomic E-state index is 13.5. The SMILES string of the molecule is COc1ccc2nccc(N3CCC(S(=O)(=O)CCNS(C)(=O)(O)c4ccc5c(c4)NC(=O)CS5)C3)c2n1. The Labute approximate surface area is 225 Å². The minimum atomic E-state index is -4.57. The zero-order valence-corrected chi connectivity index (χ0v) is 23.4. The second-order valence-electron chi connectivity index (χ2n) is 9.45. The van der Waals surface area contributed by atoms with E-state index >= 15 is 0 Å². The van der Waals surface area contributed by atoms with Crippen molar-refractivity contribution >= 4 is 59.4 Å². The van der Waals surface area contributed by atoms with E-state index in [1.54, 1.807) is 18.3 Å². The van der Waals surface area contributed by atoms with Crippen molar-refractivity contribution in [3.8, 4) is 5.88 Å². The summed E-state index contributed by atoms with van der Waals surface area (Å²) < 4.78 is 58.7. The monoisotopic (exact) mass is 579 g/mol. The first kappa shape index (κ1) is 26.8. The van der Waals surface area contributed by atoms with Gasteiger partial charge in [0.25, 0.3) is 0 Å². The summed E-state index contributed by atoms with van der Waals surface area (Å²) in [5.74, 6) is 0.252. The van der Waals surface area contributed by atoms with Crippen LogP contribution in [-0.2, 0) is 24.2 Å². The summed E-state index contributed by atoms with van der Waals surface area (Å²) >= 11 is 1.35. The maximum atomic E-state index is 13.5. The molecule has 1 atom stereocenters. The van der Waals surface area contributed by atoms with Gasteiger partial charge in [0.2, 0.25) is 11.8 Å². The topological polar surface area (TPSA) is 151 Å². The number of pyridine rings is 2. The van der Waals surface area contributed by atoms with Gasteiger partial charge in [-0.25, -0.2) is 18.1 Å². The molecule has 0 radical (unpaired) electrons. The van der Waals surface area contributed by atoms with E-state index in [0.29, 0.717) is 35.6 Å². The molecule has 3 aromatic rings. The third-order valence-corrected chi connectivity index (χ3v) is 12.2. The van der Waals surface area contributed by atoms with E-state index in [-0.39, 0.29) is 35.4 Å². The van der Waals surface area contributed by atoms with Crippen molar-refractivity contribution in [1.82, 2.24) is 14.7 Å². The van der Waals surface area contributed by atoms with E-state index in [1.165, 1.54) is 31.0 Å². The van der Waals surface area contributed by atoms with Crippen LogP contribution in [0.25, 0.3) is 11.0 Å². The Morgan fingerprint density at radius 2 is 2.11 bits per heavy atom. The highest BCUT2D eigenvalue weighted by Crippen LogP contribution is 2.36. The number of nitrogens with zero attached hydrogens (tertiary/aromatic N) is 3. The van der Waals surface area contributed by atoms with Gasteiger partial charge in [0.1, 0.15) is 5.52 Å². The van der Waals surface area contributed by atoms with Crippen molar-refractivity contribution in [1.29, 1.82) is 0 Å².